The van der Waals surface area contributed by atoms with Crippen LogP contribution in [0.3, 0.4) is 0 Å². The predicted octanol–water partition coefficient (Wildman–Crippen LogP) is 0.398. The summed E-state index contributed by atoms with van der Waals surface area (Å²) in [6.45, 7) is 1.75. The van der Waals surface area contributed by atoms with E-state index in [1.54, 1.807) is 43.3 Å². The van der Waals surface area contributed by atoms with Crippen LogP contribution in [0.1, 0.15) is 13.0 Å². The number of rotatable bonds is 3. The van der Waals surface area contributed by atoms with Crippen molar-refractivity contribution < 1.29 is 4.79 Å². The first-order valence-electron chi connectivity index (χ1n) is 5.16. The zero-order valence-electron chi connectivity index (χ0n) is 9.66. The summed E-state index contributed by atoms with van der Waals surface area (Å²) < 4.78 is 3.13. The van der Waals surface area contributed by atoms with Crippen molar-refractivity contribution in [2.75, 3.05) is 11.1 Å². The molecular weight excluding hydrogens is 220 g/mol. The fourth-order valence-electron chi connectivity index (χ4n) is 1.42. The van der Waals surface area contributed by atoms with Crippen LogP contribution in [-0.4, -0.2) is 25.5 Å². The molecule has 2 rings (SSSR count). The molecule has 0 aliphatic rings. The van der Waals surface area contributed by atoms with E-state index in [0.29, 0.717) is 11.5 Å². The number of carbonyl (C=O) groups excluding carboxylic acids is 1. The molecule has 2 aromatic rings. The SMILES string of the molecule is CC(C(=O)Nc1cnn(C)c1)n1ccc(N)n1. The van der Waals surface area contributed by atoms with Gasteiger partial charge in [-0.3, -0.25) is 14.2 Å². The topological polar surface area (TPSA) is 90.8 Å². The van der Waals surface area contributed by atoms with Crippen LogP contribution < -0.4 is 11.1 Å². The Labute approximate surface area is 98.2 Å². The fourth-order valence-corrected chi connectivity index (χ4v) is 1.42. The van der Waals surface area contributed by atoms with E-state index in [1.807, 2.05) is 0 Å². The molecule has 2 heterocycles. The molecule has 7 heteroatoms. The van der Waals surface area contributed by atoms with E-state index < -0.39 is 6.04 Å². The maximum Gasteiger partial charge on any atom is 0.249 e. The summed E-state index contributed by atoms with van der Waals surface area (Å²) in [5.74, 6) is 0.229. The first-order chi connectivity index (χ1) is 8.06. The lowest BCUT2D eigenvalue weighted by Gasteiger charge is -2.11. The second kappa shape index (κ2) is 4.28. The van der Waals surface area contributed by atoms with Gasteiger partial charge in [-0.15, -0.1) is 0 Å². The van der Waals surface area contributed by atoms with Gasteiger partial charge in [-0.05, 0) is 13.0 Å². The summed E-state index contributed by atoms with van der Waals surface area (Å²) in [4.78, 5) is 11.9. The molecule has 0 fully saturated rings. The third-order valence-electron chi connectivity index (χ3n) is 2.38. The van der Waals surface area contributed by atoms with E-state index >= 15 is 0 Å². The van der Waals surface area contributed by atoms with Crippen LogP contribution in [0, 0.1) is 0 Å². The molecule has 0 saturated heterocycles. The van der Waals surface area contributed by atoms with Crippen molar-refractivity contribution in [2.24, 2.45) is 7.05 Å². The van der Waals surface area contributed by atoms with E-state index in [9.17, 15) is 4.79 Å². The monoisotopic (exact) mass is 234 g/mol. The molecule has 1 atom stereocenters. The van der Waals surface area contributed by atoms with Crippen LogP contribution in [0.2, 0.25) is 0 Å². The molecular formula is C10H14N6O. The number of hydrogen-bond acceptors (Lipinski definition) is 4. The lowest BCUT2D eigenvalue weighted by molar-refractivity contribution is -0.119. The number of anilines is 2. The highest BCUT2D eigenvalue weighted by molar-refractivity contribution is 5.93. The minimum absolute atomic E-state index is 0.166. The summed E-state index contributed by atoms with van der Waals surface area (Å²) in [5, 5.41) is 10.7. The number of carbonyl (C=O) groups is 1. The zero-order chi connectivity index (χ0) is 12.4. The molecule has 0 aliphatic heterocycles. The maximum atomic E-state index is 11.9. The van der Waals surface area contributed by atoms with E-state index in [4.69, 9.17) is 5.73 Å². The number of nitrogens with one attached hydrogen (secondary N) is 1. The van der Waals surface area contributed by atoms with Gasteiger partial charge in [0.15, 0.2) is 0 Å². The van der Waals surface area contributed by atoms with E-state index in [0.717, 1.165) is 0 Å². The minimum atomic E-state index is -0.424. The van der Waals surface area contributed by atoms with Crippen molar-refractivity contribution in [3.8, 4) is 0 Å². The van der Waals surface area contributed by atoms with Gasteiger partial charge in [0, 0.05) is 19.4 Å². The lowest BCUT2D eigenvalue weighted by Crippen LogP contribution is -2.23. The molecule has 0 aromatic carbocycles. The second-order valence-corrected chi connectivity index (χ2v) is 3.79. The summed E-state index contributed by atoms with van der Waals surface area (Å²) in [7, 11) is 1.79. The van der Waals surface area contributed by atoms with Crippen LogP contribution in [0.4, 0.5) is 11.5 Å². The molecule has 0 bridgehead atoms. The Balaban J connectivity index is 2.05. The quantitative estimate of drug-likeness (QED) is 0.804. The Kier molecular flexibility index (Phi) is 2.82. The van der Waals surface area contributed by atoms with Crippen molar-refractivity contribution >= 4 is 17.4 Å². The van der Waals surface area contributed by atoms with Gasteiger partial charge in [0.2, 0.25) is 5.91 Å². The van der Waals surface area contributed by atoms with Gasteiger partial charge in [0.05, 0.1) is 11.9 Å². The molecule has 0 spiro atoms. The highest BCUT2D eigenvalue weighted by Crippen LogP contribution is 2.11. The Morgan fingerprint density at radius 3 is 2.88 bits per heavy atom. The lowest BCUT2D eigenvalue weighted by atomic mass is 10.3. The number of aromatic nitrogens is 4. The van der Waals surface area contributed by atoms with Gasteiger partial charge in [-0.1, -0.05) is 0 Å². The molecule has 0 aliphatic carbocycles. The molecule has 2 aromatic heterocycles. The van der Waals surface area contributed by atoms with Crippen LogP contribution >= 0.6 is 0 Å². The molecule has 7 nitrogen and oxygen atoms in total. The Bertz CT molecular complexity index is 528. The van der Waals surface area contributed by atoms with E-state index in [-0.39, 0.29) is 5.91 Å². The Morgan fingerprint density at radius 1 is 1.59 bits per heavy atom. The average molecular weight is 234 g/mol. The van der Waals surface area contributed by atoms with Gasteiger partial charge in [0.1, 0.15) is 11.9 Å². The van der Waals surface area contributed by atoms with E-state index in [2.05, 4.69) is 15.5 Å². The van der Waals surface area contributed by atoms with Gasteiger partial charge < -0.3 is 11.1 Å². The molecule has 17 heavy (non-hydrogen) atoms. The van der Waals surface area contributed by atoms with Crippen LogP contribution in [-0.2, 0) is 11.8 Å². The highest BCUT2D eigenvalue weighted by Gasteiger charge is 2.16. The largest absolute Gasteiger partial charge is 0.382 e. The third kappa shape index (κ3) is 2.44. The molecule has 0 radical (unpaired) electrons. The minimum Gasteiger partial charge on any atom is -0.382 e. The summed E-state index contributed by atoms with van der Waals surface area (Å²) in [5.41, 5.74) is 6.15. The second-order valence-electron chi connectivity index (χ2n) is 3.79. The molecule has 90 valence electrons. The normalized spacial score (nSPS) is 12.4. The molecule has 3 N–H and O–H groups in total. The third-order valence-corrected chi connectivity index (χ3v) is 2.38. The fraction of sp³-hybridized carbons (Fsp3) is 0.300. The van der Waals surface area contributed by atoms with Crippen molar-refractivity contribution in [2.45, 2.75) is 13.0 Å². The summed E-state index contributed by atoms with van der Waals surface area (Å²) >= 11 is 0. The Morgan fingerprint density at radius 2 is 2.35 bits per heavy atom. The molecule has 1 amide bonds. The number of aryl methyl sites for hydroxylation is 1. The maximum absolute atomic E-state index is 11.9. The number of nitrogens with zero attached hydrogens (tertiary/aromatic N) is 4. The van der Waals surface area contributed by atoms with E-state index in [1.165, 1.54) is 4.68 Å². The molecule has 0 saturated carbocycles. The first-order valence-corrected chi connectivity index (χ1v) is 5.16. The summed E-state index contributed by atoms with van der Waals surface area (Å²) in [6, 6.07) is 1.22. The van der Waals surface area contributed by atoms with Crippen molar-refractivity contribution in [1.29, 1.82) is 0 Å². The van der Waals surface area contributed by atoms with Gasteiger partial charge in [-0.25, -0.2) is 0 Å². The van der Waals surface area contributed by atoms with Crippen LogP contribution in [0.5, 0.6) is 0 Å². The standard InChI is InChI=1S/C10H14N6O/c1-7(16-4-3-9(11)14-16)10(17)13-8-5-12-15(2)6-8/h3-7H,1-2H3,(H2,11,14)(H,13,17). The Hall–Kier alpha value is -2.31. The average Bonchev–Trinajstić information content (AvgIpc) is 2.87. The van der Waals surface area contributed by atoms with Crippen molar-refractivity contribution in [1.82, 2.24) is 19.6 Å². The van der Waals surface area contributed by atoms with Crippen LogP contribution in [0.25, 0.3) is 0 Å². The number of nitrogens with two attached hydrogens (primary N) is 1. The number of amides is 1. The van der Waals surface area contributed by atoms with Crippen molar-refractivity contribution in [3.63, 3.8) is 0 Å². The smallest absolute Gasteiger partial charge is 0.249 e. The predicted molar refractivity (Wildman–Crippen MR) is 63.2 cm³/mol. The van der Waals surface area contributed by atoms with Gasteiger partial charge in [-0.2, -0.15) is 10.2 Å². The first kappa shape index (κ1) is 11.2. The van der Waals surface area contributed by atoms with Gasteiger partial charge >= 0.3 is 0 Å². The summed E-state index contributed by atoms with van der Waals surface area (Å²) in [6.07, 6.45) is 4.98. The van der Waals surface area contributed by atoms with Crippen molar-refractivity contribution in [3.05, 3.63) is 24.7 Å². The molecule has 1 unspecified atom stereocenters. The van der Waals surface area contributed by atoms with Gasteiger partial charge in [0.25, 0.3) is 0 Å². The van der Waals surface area contributed by atoms with Crippen LogP contribution in [0.15, 0.2) is 24.7 Å². The zero-order valence-corrected chi connectivity index (χ0v) is 9.66. The number of hydrogen-bond donors (Lipinski definition) is 2. The highest BCUT2D eigenvalue weighted by atomic mass is 16.2. The number of nitrogen functional groups attached to an aromatic ring is 1.